The van der Waals surface area contributed by atoms with E-state index >= 15 is 0 Å². The van der Waals surface area contributed by atoms with Gasteiger partial charge in [0.2, 0.25) is 0 Å². The van der Waals surface area contributed by atoms with Crippen molar-refractivity contribution in [1.29, 1.82) is 0 Å². The Labute approximate surface area is 376 Å². The molecule has 0 spiro atoms. The first-order valence-electron chi connectivity index (χ1n) is 21.6. The maximum atomic E-state index is 5.06. The molecule has 9 aromatic rings. The molecule has 310 valence electrons. The Morgan fingerprint density at radius 1 is 0.266 bits per heavy atom. The van der Waals surface area contributed by atoms with Crippen LogP contribution in [0.25, 0.3) is 0 Å². The highest BCUT2D eigenvalue weighted by atomic mass is 15.5. The number of para-hydroxylation sites is 6. The fourth-order valence-corrected chi connectivity index (χ4v) is 7.66. The molecule has 0 amide bonds. The van der Waals surface area contributed by atoms with Crippen LogP contribution in [0, 0.1) is 0 Å². The number of hydrazone groups is 2. The van der Waals surface area contributed by atoms with Crippen LogP contribution >= 0.6 is 0 Å². The van der Waals surface area contributed by atoms with Gasteiger partial charge in [-0.25, -0.2) is 0 Å². The Morgan fingerprint density at radius 3 is 0.828 bits per heavy atom. The van der Waals surface area contributed by atoms with E-state index in [2.05, 4.69) is 238 Å². The van der Waals surface area contributed by atoms with Crippen molar-refractivity contribution < 1.29 is 0 Å². The molecule has 0 bridgehead atoms. The molecule has 0 saturated heterocycles. The summed E-state index contributed by atoms with van der Waals surface area (Å²) in [6.07, 6.45) is 3.88. The number of benzene rings is 9. The second-order valence-electron chi connectivity index (χ2n) is 15.3. The average Bonchev–Trinajstić information content (AvgIpc) is 3.37. The smallest absolute Gasteiger partial charge is 0.0666 e. The highest BCUT2D eigenvalue weighted by molar-refractivity contribution is 5.84. The van der Waals surface area contributed by atoms with Gasteiger partial charge in [-0.3, -0.25) is 10.0 Å². The average molecular weight is 829 g/mol. The zero-order valence-electron chi connectivity index (χ0n) is 35.5. The van der Waals surface area contributed by atoms with Crippen molar-refractivity contribution in [3.63, 3.8) is 0 Å². The van der Waals surface area contributed by atoms with Crippen molar-refractivity contribution >= 4 is 57.9 Å². The molecule has 0 radical (unpaired) electrons. The van der Waals surface area contributed by atoms with Gasteiger partial charge < -0.3 is 9.80 Å². The second kappa shape index (κ2) is 20.4. The predicted octanol–water partition coefficient (Wildman–Crippen LogP) is 14.7. The van der Waals surface area contributed by atoms with E-state index in [9.17, 15) is 0 Å². The van der Waals surface area contributed by atoms with Gasteiger partial charge in [0.05, 0.1) is 36.9 Å². The molecule has 0 fully saturated rings. The second-order valence-corrected chi connectivity index (χ2v) is 15.3. The van der Waals surface area contributed by atoms with E-state index in [-0.39, 0.29) is 0 Å². The zero-order valence-corrected chi connectivity index (χ0v) is 35.5. The third-order valence-electron chi connectivity index (χ3n) is 10.8. The summed E-state index contributed by atoms with van der Waals surface area (Å²) in [6, 6.07) is 88.3. The van der Waals surface area contributed by atoms with Gasteiger partial charge in [-0.2, -0.15) is 10.2 Å². The first-order valence-corrected chi connectivity index (χ1v) is 21.6. The maximum Gasteiger partial charge on any atom is 0.0666 e. The molecule has 6 heteroatoms. The van der Waals surface area contributed by atoms with Gasteiger partial charge in [0.25, 0.3) is 0 Å². The summed E-state index contributed by atoms with van der Waals surface area (Å²) in [6.45, 7) is 1.18. The maximum absolute atomic E-state index is 5.06. The van der Waals surface area contributed by atoms with Crippen LogP contribution in [0.5, 0.6) is 0 Å². The minimum absolute atomic E-state index is 0.589. The van der Waals surface area contributed by atoms with E-state index in [1.165, 1.54) is 0 Å². The highest BCUT2D eigenvalue weighted by Crippen LogP contribution is 2.35. The fourth-order valence-electron chi connectivity index (χ4n) is 7.66. The van der Waals surface area contributed by atoms with E-state index in [4.69, 9.17) is 10.2 Å². The molecule has 64 heavy (non-hydrogen) atoms. The number of nitrogens with zero attached hydrogens (tertiary/aromatic N) is 6. The van der Waals surface area contributed by atoms with Crippen LogP contribution in [-0.2, 0) is 13.1 Å². The molecule has 0 unspecified atom stereocenters. The van der Waals surface area contributed by atoms with Crippen molar-refractivity contribution in [1.82, 2.24) is 0 Å². The fraction of sp³-hybridized carbons (Fsp3) is 0.0345. The van der Waals surface area contributed by atoms with E-state index < -0.39 is 0 Å². The molecule has 9 aromatic carbocycles. The molecule has 0 aliphatic carbocycles. The van der Waals surface area contributed by atoms with Crippen molar-refractivity contribution in [2.24, 2.45) is 10.2 Å². The van der Waals surface area contributed by atoms with Crippen molar-refractivity contribution in [2.45, 2.75) is 13.1 Å². The molecule has 0 aromatic heterocycles. The molecule has 0 atom stereocenters. The number of anilines is 8. The van der Waals surface area contributed by atoms with Gasteiger partial charge >= 0.3 is 0 Å². The summed E-state index contributed by atoms with van der Waals surface area (Å²) in [5, 5.41) is 14.2. The van der Waals surface area contributed by atoms with Crippen LogP contribution in [0.2, 0.25) is 0 Å². The lowest BCUT2D eigenvalue weighted by Crippen LogP contribution is -2.18. The van der Waals surface area contributed by atoms with Crippen LogP contribution in [-0.4, -0.2) is 12.4 Å². The van der Waals surface area contributed by atoms with E-state index in [1.807, 2.05) is 48.8 Å². The van der Waals surface area contributed by atoms with E-state index in [0.717, 1.165) is 67.8 Å². The molecule has 0 aliphatic rings. The first-order chi connectivity index (χ1) is 31.7. The summed E-state index contributed by atoms with van der Waals surface area (Å²) >= 11 is 0. The molecular weight excluding hydrogens is 781 g/mol. The normalized spacial score (nSPS) is 11.1. The molecule has 0 saturated carbocycles. The van der Waals surface area contributed by atoms with Crippen LogP contribution in [0.3, 0.4) is 0 Å². The van der Waals surface area contributed by atoms with Crippen molar-refractivity contribution in [2.75, 3.05) is 19.8 Å². The summed E-state index contributed by atoms with van der Waals surface area (Å²) in [5.74, 6) is 0. The number of hydrogen-bond acceptors (Lipinski definition) is 6. The number of rotatable bonds is 16. The lowest BCUT2D eigenvalue weighted by Gasteiger charge is -2.25. The minimum atomic E-state index is 0.589. The highest BCUT2D eigenvalue weighted by Gasteiger charge is 2.14. The standard InChI is InChI=1S/C58H48N6/c1-7-22-51(23-8-1)61(59-43-47-34-38-57(39-35-47)63(53-26-11-3-12-27-53)54-28-13-4-14-29-54)45-49-20-19-21-50(42-49)46-62(52-24-9-2-10-25-52)60-44-48-36-40-58(41-37-48)64(55-30-15-5-16-31-55)56-32-17-6-18-33-56/h1-44H,45-46H2. The molecule has 0 aliphatic heterocycles. The summed E-state index contributed by atoms with van der Waals surface area (Å²) in [5.41, 5.74) is 12.9. The Hall–Kier alpha value is -8.48. The van der Waals surface area contributed by atoms with Gasteiger partial charge in [-0.1, -0.05) is 158 Å². The van der Waals surface area contributed by atoms with E-state index in [0.29, 0.717) is 13.1 Å². The quantitative estimate of drug-likeness (QED) is 0.0718. The van der Waals surface area contributed by atoms with E-state index in [1.54, 1.807) is 0 Å². The third kappa shape index (κ3) is 10.3. The Morgan fingerprint density at radius 2 is 0.531 bits per heavy atom. The molecule has 9 rings (SSSR count). The lowest BCUT2D eigenvalue weighted by molar-refractivity contribution is 0.839. The van der Waals surface area contributed by atoms with Gasteiger partial charge in [-0.15, -0.1) is 0 Å². The zero-order chi connectivity index (χ0) is 43.2. The Bertz CT molecular complexity index is 2580. The van der Waals surface area contributed by atoms with Crippen LogP contribution in [0.15, 0.2) is 265 Å². The predicted molar refractivity (Wildman–Crippen MR) is 269 cm³/mol. The lowest BCUT2D eigenvalue weighted by atomic mass is 10.1. The Kier molecular flexibility index (Phi) is 13.0. The summed E-state index contributed by atoms with van der Waals surface area (Å²) < 4.78 is 0. The van der Waals surface area contributed by atoms with Crippen molar-refractivity contribution in [3.8, 4) is 0 Å². The molecule has 0 heterocycles. The number of hydrogen-bond donors (Lipinski definition) is 0. The van der Waals surface area contributed by atoms with Crippen LogP contribution in [0.4, 0.5) is 45.5 Å². The Balaban J connectivity index is 0.930. The van der Waals surface area contributed by atoms with Crippen LogP contribution < -0.4 is 19.8 Å². The molecule has 6 nitrogen and oxygen atoms in total. The summed E-state index contributed by atoms with van der Waals surface area (Å²) in [7, 11) is 0. The largest absolute Gasteiger partial charge is 0.311 e. The van der Waals surface area contributed by atoms with Crippen molar-refractivity contribution in [3.05, 3.63) is 277 Å². The van der Waals surface area contributed by atoms with Gasteiger partial charge in [0.1, 0.15) is 0 Å². The first kappa shape index (κ1) is 40.9. The molecule has 0 N–H and O–H groups in total. The summed E-state index contributed by atoms with van der Waals surface area (Å²) in [4.78, 5) is 4.52. The van der Waals surface area contributed by atoms with Gasteiger partial charge in [-0.05, 0) is 119 Å². The topological polar surface area (TPSA) is 37.7 Å². The minimum Gasteiger partial charge on any atom is -0.311 e. The van der Waals surface area contributed by atoms with Gasteiger partial charge in [0, 0.05) is 34.1 Å². The monoisotopic (exact) mass is 828 g/mol. The SMILES string of the molecule is C(=NN(Cc1cccc(CN(N=Cc2ccc(N(c3ccccc3)c3ccccc3)cc2)c2ccccc2)c1)c1ccccc1)c1ccc(N(c2ccccc2)c2ccccc2)cc1. The molecular formula is C58H48N6. The van der Waals surface area contributed by atoms with Gasteiger partial charge in [0.15, 0.2) is 0 Å². The third-order valence-corrected chi connectivity index (χ3v) is 10.8. The van der Waals surface area contributed by atoms with Crippen LogP contribution in [0.1, 0.15) is 22.3 Å².